The van der Waals surface area contributed by atoms with Gasteiger partial charge in [0.2, 0.25) is 11.8 Å². The van der Waals surface area contributed by atoms with Gasteiger partial charge < -0.3 is 4.84 Å². The van der Waals surface area contributed by atoms with Crippen molar-refractivity contribution >= 4 is 39.7 Å². The number of nitro benzene ring substituents is 1. The van der Waals surface area contributed by atoms with Crippen molar-refractivity contribution in [1.82, 2.24) is 0 Å². The van der Waals surface area contributed by atoms with E-state index < -0.39 is 16.8 Å². The molecule has 2 aliphatic heterocycles. The maximum atomic E-state index is 13.6. The van der Waals surface area contributed by atoms with Crippen molar-refractivity contribution in [3.05, 3.63) is 82.4 Å². The molecule has 1 saturated heterocycles. The van der Waals surface area contributed by atoms with E-state index in [4.69, 9.17) is 4.84 Å². The minimum absolute atomic E-state index is 0.00964. The number of carbonyl (C=O) groups is 2. The molecule has 0 unspecified atom stereocenters. The number of carbonyl (C=O) groups excluding carboxylic acids is 2. The van der Waals surface area contributed by atoms with Gasteiger partial charge in [-0.15, -0.1) is 0 Å². The molecule has 3 aromatic rings. The molecule has 7 rings (SSSR count). The number of hydrogen-bond donors (Lipinski definition) is 0. The fourth-order valence-electron chi connectivity index (χ4n) is 6.69. The van der Waals surface area contributed by atoms with Crippen LogP contribution in [0.4, 0.5) is 11.4 Å². The number of oxime groups is 1. The van der Waals surface area contributed by atoms with Crippen molar-refractivity contribution in [2.45, 2.75) is 12.5 Å². The summed E-state index contributed by atoms with van der Waals surface area (Å²) >= 11 is 0. The lowest BCUT2D eigenvalue weighted by Gasteiger charge is -2.29. The summed E-state index contributed by atoms with van der Waals surface area (Å²) in [4.78, 5) is 44.9. The Morgan fingerprint density at radius 2 is 1.59 bits per heavy atom. The summed E-state index contributed by atoms with van der Waals surface area (Å²) in [5, 5.41) is 17.3. The molecule has 4 aliphatic rings. The van der Waals surface area contributed by atoms with Crippen LogP contribution in [0.15, 0.2) is 71.9 Å². The third kappa shape index (κ3) is 2.45. The summed E-state index contributed by atoms with van der Waals surface area (Å²) in [5.41, 5.74) is 2.09. The zero-order chi connectivity index (χ0) is 23.1. The molecule has 2 aliphatic carbocycles. The van der Waals surface area contributed by atoms with Crippen molar-refractivity contribution in [1.29, 1.82) is 0 Å². The number of hydrogen-bond acceptors (Lipinski definition) is 6. The van der Waals surface area contributed by atoms with Gasteiger partial charge in [-0.25, -0.2) is 0 Å². The van der Waals surface area contributed by atoms with Gasteiger partial charge >= 0.3 is 0 Å². The molecule has 34 heavy (non-hydrogen) atoms. The first kappa shape index (κ1) is 19.4. The highest BCUT2D eigenvalue weighted by Crippen LogP contribution is 2.62. The van der Waals surface area contributed by atoms with Crippen LogP contribution in [0.5, 0.6) is 0 Å². The molecule has 0 radical (unpaired) electrons. The standard InChI is InChI=1S/C26H19N3O5/c30-25-20-18-12-19(24-22(18)23(27-34-24)14-6-8-16(9-7-14)29(32)33)21(20)26(31)28(25)17-10-5-13-3-1-2-4-15(13)11-17/h1-11,18-22,24H,12H2/t18-,19+,20+,21+,22+,24-/m1/s1. The van der Waals surface area contributed by atoms with Crippen molar-refractivity contribution in [3.63, 3.8) is 0 Å². The number of nitrogens with zero attached hydrogens (tertiary/aromatic N) is 3. The predicted molar refractivity (Wildman–Crippen MR) is 123 cm³/mol. The lowest BCUT2D eigenvalue weighted by Crippen LogP contribution is -2.41. The highest BCUT2D eigenvalue weighted by Gasteiger charge is 2.70. The lowest BCUT2D eigenvalue weighted by molar-refractivity contribution is -0.384. The minimum Gasteiger partial charge on any atom is -0.391 e. The number of anilines is 1. The predicted octanol–water partition coefficient (Wildman–Crippen LogP) is 3.92. The van der Waals surface area contributed by atoms with Crippen LogP contribution in [0.2, 0.25) is 0 Å². The summed E-state index contributed by atoms with van der Waals surface area (Å²) in [6.07, 6.45) is 0.504. The van der Waals surface area contributed by atoms with E-state index in [1.807, 2.05) is 42.5 Å². The van der Waals surface area contributed by atoms with E-state index in [0.717, 1.165) is 28.5 Å². The number of nitro groups is 1. The van der Waals surface area contributed by atoms with Crippen LogP contribution in [-0.2, 0) is 14.4 Å². The maximum absolute atomic E-state index is 13.6. The fraction of sp³-hybridized carbons (Fsp3) is 0.269. The Hall–Kier alpha value is -4.07. The second kappa shape index (κ2) is 6.72. The molecule has 2 heterocycles. The summed E-state index contributed by atoms with van der Waals surface area (Å²) in [6.45, 7) is 0. The highest BCUT2D eigenvalue weighted by atomic mass is 16.6. The SMILES string of the molecule is O=C1[C@H]2[C@@H]3C[C@@H]([C@H]4C(c5ccc([N+](=O)[O-])cc5)=NO[C@H]34)[C@@H]2C(=O)N1c1ccc2ccccc2c1. The van der Waals surface area contributed by atoms with E-state index in [9.17, 15) is 19.7 Å². The van der Waals surface area contributed by atoms with Crippen LogP contribution in [0.1, 0.15) is 12.0 Å². The van der Waals surface area contributed by atoms with Crippen LogP contribution < -0.4 is 4.90 Å². The van der Waals surface area contributed by atoms with Gasteiger partial charge in [0.05, 0.1) is 28.2 Å². The van der Waals surface area contributed by atoms with E-state index in [-0.39, 0.29) is 41.4 Å². The number of imide groups is 1. The molecule has 0 aromatic heterocycles. The smallest absolute Gasteiger partial charge is 0.269 e. The van der Waals surface area contributed by atoms with Crippen LogP contribution in [0, 0.1) is 39.7 Å². The third-order valence-corrected chi connectivity index (χ3v) is 8.06. The molecule has 3 fully saturated rings. The monoisotopic (exact) mass is 453 g/mol. The Morgan fingerprint density at radius 3 is 2.32 bits per heavy atom. The first-order valence-electron chi connectivity index (χ1n) is 11.4. The Balaban J connectivity index is 1.22. The van der Waals surface area contributed by atoms with Gasteiger partial charge in [-0.05, 0) is 47.4 Å². The minimum atomic E-state index is -0.439. The summed E-state index contributed by atoms with van der Waals surface area (Å²) in [7, 11) is 0. The molecular formula is C26H19N3O5. The van der Waals surface area contributed by atoms with Gasteiger partial charge in [0.25, 0.3) is 5.69 Å². The summed E-state index contributed by atoms with van der Waals surface area (Å²) < 4.78 is 0. The van der Waals surface area contributed by atoms with Crippen molar-refractivity contribution in [2.75, 3.05) is 4.90 Å². The lowest BCUT2D eigenvalue weighted by atomic mass is 9.71. The maximum Gasteiger partial charge on any atom is 0.269 e. The second-order valence-electron chi connectivity index (χ2n) is 9.53. The molecule has 2 saturated carbocycles. The first-order valence-corrected chi connectivity index (χ1v) is 11.4. The van der Waals surface area contributed by atoms with Crippen molar-refractivity contribution in [3.8, 4) is 0 Å². The normalized spacial score (nSPS) is 30.9. The van der Waals surface area contributed by atoms with E-state index >= 15 is 0 Å². The van der Waals surface area contributed by atoms with Gasteiger partial charge in [0.1, 0.15) is 6.10 Å². The summed E-state index contributed by atoms with van der Waals surface area (Å²) in [5.74, 6) is -1.29. The number of fused-ring (bicyclic) bond motifs is 9. The van der Waals surface area contributed by atoms with Gasteiger partial charge in [0, 0.05) is 29.5 Å². The van der Waals surface area contributed by atoms with Crippen LogP contribution in [0.3, 0.4) is 0 Å². The zero-order valence-electron chi connectivity index (χ0n) is 17.9. The third-order valence-electron chi connectivity index (χ3n) is 8.06. The number of amides is 2. The average molecular weight is 453 g/mol. The Morgan fingerprint density at radius 1 is 0.882 bits per heavy atom. The molecule has 0 spiro atoms. The van der Waals surface area contributed by atoms with E-state index in [0.29, 0.717) is 5.69 Å². The van der Waals surface area contributed by atoms with Crippen molar-refractivity contribution in [2.24, 2.45) is 34.7 Å². The molecule has 6 atom stereocenters. The van der Waals surface area contributed by atoms with Crippen LogP contribution >= 0.6 is 0 Å². The Bertz CT molecular complexity index is 1430. The fourth-order valence-corrected chi connectivity index (χ4v) is 6.69. The largest absolute Gasteiger partial charge is 0.391 e. The number of non-ortho nitro benzene ring substituents is 1. The average Bonchev–Trinajstić information content (AvgIpc) is 3.59. The van der Waals surface area contributed by atoms with Crippen LogP contribution in [-0.4, -0.2) is 28.6 Å². The summed E-state index contributed by atoms with van der Waals surface area (Å²) in [6, 6.07) is 19.8. The molecular weight excluding hydrogens is 434 g/mol. The molecule has 3 aromatic carbocycles. The van der Waals surface area contributed by atoms with E-state index in [1.54, 1.807) is 12.1 Å². The molecule has 168 valence electrons. The molecule has 2 amide bonds. The van der Waals surface area contributed by atoms with E-state index in [2.05, 4.69) is 5.16 Å². The van der Waals surface area contributed by atoms with Crippen molar-refractivity contribution < 1.29 is 19.3 Å². The topological polar surface area (TPSA) is 102 Å². The first-order chi connectivity index (χ1) is 16.5. The molecule has 2 bridgehead atoms. The Labute approximate surface area is 193 Å². The highest BCUT2D eigenvalue weighted by molar-refractivity contribution is 6.23. The van der Waals surface area contributed by atoms with Gasteiger partial charge in [0.15, 0.2) is 0 Å². The van der Waals surface area contributed by atoms with E-state index in [1.165, 1.54) is 17.0 Å². The number of benzene rings is 3. The molecule has 8 heteroatoms. The van der Waals surface area contributed by atoms with Gasteiger partial charge in [-0.1, -0.05) is 35.5 Å². The van der Waals surface area contributed by atoms with Crippen LogP contribution in [0.25, 0.3) is 10.8 Å². The number of rotatable bonds is 3. The molecule has 8 nitrogen and oxygen atoms in total. The zero-order valence-corrected chi connectivity index (χ0v) is 17.9. The van der Waals surface area contributed by atoms with Gasteiger partial charge in [-0.2, -0.15) is 0 Å². The quantitative estimate of drug-likeness (QED) is 0.340. The van der Waals surface area contributed by atoms with Gasteiger partial charge in [-0.3, -0.25) is 24.6 Å². The molecule has 0 N–H and O–H groups in total. The second-order valence-corrected chi connectivity index (χ2v) is 9.53. The Kier molecular flexibility index (Phi) is 3.84.